The quantitative estimate of drug-likeness (QED) is 0.299. The van der Waals surface area contributed by atoms with Crippen LogP contribution in [0.1, 0.15) is 0 Å². The number of hydrogen-bond donors (Lipinski definition) is 0. The zero-order chi connectivity index (χ0) is 25.5. The van der Waals surface area contributed by atoms with Crippen molar-refractivity contribution in [2.24, 2.45) is 0 Å². The lowest BCUT2D eigenvalue weighted by molar-refractivity contribution is 0.377. The fourth-order valence-electron chi connectivity index (χ4n) is 3.56. The molecule has 0 amide bonds. The van der Waals surface area contributed by atoms with Gasteiger partial charge in [0.1, 0.15) is 0 Å². The zero-order valence-corrected chi connectivity index (χ0v) is 17.4. The van der Waals surface area contributed by atoms with Crippen LogP contribution in [0, 0.1) is 52.4 Å². The van der Waals surface area contributed by atoms with Crippen molar-refractivity contribution in [3.8, 4) is 17.2 Å². The van der Waals surface area contributed by atoms with Crippen molar-refractivity contribution in [3.05, 3.63) is 70.6 Å². The lowest BCUT2D eigenvalue weighted by atomic mass is 9.35. The summed E-state index contributed by atoms with van der Waals surface area (Å²) in [6.07, 6.45) is 0. The minimum atomic E-state index is -2.77. The molecule has 0 spiro atoms. The van der Waals surface area contributed by atoms with Gasteiger partial charge in [-0.1, -0.05) is 0 Å². The Bertz CT molecular complexity index is 1220. The maximum Gasteiger partial charge on any atom is 0.267 e. The standard InChI is InChI=1S/C21H12BF9O3/c1-32-12-6-9(25)16(28)13(19(12)31)22(14-17(29)7(23)4-10(26)20(14)33-2)15-18(30)8(24)5-11(27)21(15)34-3/h4-6H,1-3H3. The molecule has 0 aliphatic carbocycles. The molecule has 0 atom stereocenters. The van der Waals surface area contributed by atoms with E-state index in [4.69, 9.17) is 0 Å². The van der Waals surface area contributed by atoms with Crippen LogP contribution in [0.15, 0.2) is 18.2 Å². The Hall–Kier alpha value is -3.51. The summed E-state index contributed by atoms with van der Waals surface area (Å²) >= 11 is 0. The van der Waals surface area contributed by atoms with Crippen molar-refractivity contribution in [1.82, 2.24) is 0 Å². The van der Waals surface area contributed by atoms with Gasteiger partial charge in [-0.05, 0) is 0 Å². The van der Waals surface area contributed by atoms with Crippen LogP contribution >= 0.6 is 0 Å². The number of methoxy groups -OCH3 is 3. The van der Waals surface area contributed by atoms with Crippen LogP contribution in [0.3, 0.4) is 0 Å². The Morgan fingerprint density at radius 1 is 0.471 bits per heavy atom. The second-order valence-electron chi connectivity index (χ2n) is 6.74. The molecular weight excluding hydrogens is 482 g/mol. The van der Waals surface area contributed by atoms with E-state index < -0.39 is 92.7 Å². The lowest BCUT2D eigenvalue weighted by Gasteiger charge is -2.23. The monoisotopic (exact) mass is 494 g/mol. The van der Waals surface area contributed by atoms with Crippen LogP contribution in [0.2, 0.25) is 0 Å². The van der Waals surface area contributed by atoms with Crippen molar-refractivity contribution in [2.45, 2.75) is 0 Å². The highest BCUT2D eigenvalue weighted by Crippen LogP contribution is 2.27. The van der Waals surface area contributed by atoms with Gasteiger partial charge >= 0.3 is 0 Å². The highest BCUT2D eigenvalue weighted by Gasteiger charge is 2.42. The molecule has 0 bridgehead atoms. The Balaban J connectivity index is 2.66. The van der Waals surface area contributed by atoms with Crippen molar-refractivity contribution in [2.75, 3.05) is 21.3 Å². The predicted molar refractivity (Wildman–Crippen MR) is 103 cm³/mol. The maximum atomic E-state index is 15.2. The summed E-state index contributed by atoms with van der Waals surface area (Å²) in [4.78, 5) is 0. The molecule has 0 unspecified atom stereocenters. The largest absolute Gasteiger partial charge is 0.494 e. The van der Waals surface area contributed by atoms with Gasteiger partial charge in [0.05, 0.1) is 21.3 Å². The topological polar surface area (TPSA) is 27.7 Å². The second kappa shape index (κ2) is 9.39. The molecule has 0 aliphatic rings. The van der Waals surface area contributed by atoms with Gasteiger partial charge in [-0.15, -0.1) is 0 Å². The molecule has 34 heavy (non-hydrogen) atoms. The molecule has 0 aliphatic heterocycles. The average molecular weight is 494 g/mol. The third-order valence-electron chi connectivity index (χ3n) is 4.97. The van der Waals surface area contributed by atoms with Gasteiger partial charge in [0.15, 0.2) is 69.6 Å². The molecule has 13 heteroatoms. The molecule has 0 saturated carbocycles. The highest BCUT2D eigenvalue weighted by atomic mass is 19.2. The molecule has 3 rings (SSSR count). The summed E-state index contributed by atoms with van der Waals surface area (Å²) in [7, 11) is 2.32. The van der Waals surface area contributed by atoms with Gasteiger partial charge < -0.3 is 14.2 Å². The van der Waals surface area contributed by atoms with E-state index in [1.54, 1.807) is 0 Å². The van der Waals surface area contributed by atoms with Crippen molar-refractivity contribution in [1.29, 1.82) is 0 Å². The SMILES string of the molecule is COc1cc(F)c(F)c(B(c2c(F)c(F)cc(F)c2OC)c2c(F)c(F)cc(F)c2OC)c1F. The summed E-state index contributed by atoms with van der Waals surface area (Å²) in [5, 5.41) is 0. The molecule has 180 valence electrons. The number of halogens is 9. The first kappa shape index (κ1) is 25.1. The zero-order valence-electron chi connectivity index (χ0n) is 17.4. The van der Waals surface area contributed by atoms with Crippen LogP contribution in [0.25, 0.3) is 0 Å². The third kappa shape index (κ3) is 3.88. The smallest absolute Gasteiger partial charge is 0.267 e. The maximum absolute atomic E-state index is 15.2. The molecule has 0 saturated heterocycles. The normalized spacial score (nSPS) is 10.9. The third-order valence-corrected chi connectivity index (χ3v) is 4.97. The van der Waals surface area contributed by atoms with Gasteiger partial charge in [-0.3, -0.25) is 0 Å². The van der Waals surface area contributed by atoms with Gasteiger partial charge in [0.25, 0.3) is 6.71 Å². The fourth-order valence-corrected chi connectivity index (χ4v) is 3.56. The van der Waals surface area contributed by atoms with E-state index in [9.17, 15) is 26.3 Å². The van der Waals surface area contributed by atoms with Crippen LogP contribution in [-0.2, 0) is 0 Å². The summed E-state index contributed by atoms with van der Waals surface area (Å²) in [6, 6.07) is 0.255. The first-order valence-electron chi connectivity index (χ1n) is 9.14. The molecule has 0 fully saturated rings. The number of benzene rings is 3. The Labute approximate surface area is 186 Å². The lowest BCUT2D eigenvalue weighted by Crippen LogP contribution is -2.58. The van der Waals surface area contributed by atoms with E-state index in [1.165, 1.54) is 0 Å². The van der Waals surface area contributed by atoms with E-state index in [0.717, 1.165) is 21.3 Å². The van der Waals surface area contributed by atoms with Gasteiger partial charge in [-0.2, -0.15) is 0 Å². The Morgan fingerprint density at radius 3 is 1.24 bits per heavy atom. The minimum absolute atomic E-state index is 0.00729. The molecule has 0 heterocycles. The van der Waals surface area contributed by atoms with E-state index in [2.05, 4.69) is 14.2 Å². The molecule has 0 radical (unpaired) electrons. The van der Waals surface area contributed by atoms with E-state index in [1.807, 2.05) is 0 Å². The predicted octanol–water partition coefficient (Wildman–Crippen LogP) is 3.48. The average Bonchev–Trinajstić information content (AvgIpc) is 2.79. The first-order chi connectivity index (χ1) is 16.0. The molecule has 3 aromatic carbocycles. The van der Waals surface area contributed by atoms with E-state index in [-0.39, 0.29) is 18.2 Å². The molecule has 0 aromatic heterocycles. The van der Waals surface area contributed by atoms with Gasteiger partial charge in [0.2, 0.25) is 0 Å². The highest BCUT2D eigenvalue weighted by molar-refractivity contribution is 6.96. The van der Waals surface area contributed by atoms with Crippen LogP contribution < -0.4 is 30.6 Å². The summed E-state index contributed by atoms with van der Waals surface area (Å²) in [6.45, 7) is -2.77. The summed E-state index contributed by atoms with van der Waals surface area (Å²) in [5.74, 6) is -20.3. The summed E-state index contributed by atoms with van der Waals surface area (Å²) in [5.41, 5.74) is -4.47. The minimum Gasteiger partial charge on any atom is -0.494 e. The number of hydrogen-bond acceptors (Lipinski definition) is 3. The summed E-state index contributed by atoms with van der Waals surface area (Å²) < 4.78 is 146. The number of ether oxygens (including phenoxy) is 3. The van der Waals surface area contributed by atoms with Crippen LogP contribution in [0.5, 0.6) is 17.2 Å². The Kier molecular flexibility index (Phi) is 6.94. The molecular formula is C21H12BF9O3. The van der Waals surface area contributed by atoms with Gasteiger partial charge in [0, 0.05) is 34.6 Å². The van der Waals surface area contributed by atoms with Crippen molar-refractivity contribution < 1.29 is 53.7 Å². The first-order valence-corrected chi connectivity index (χ1v) is 9.14. The fraction of sp³-hybridized carbons (Fsp3) is 0.143. The second-order valence-corrected chi connectivity index (χ2v) is 6.74. The van der Waals surface area contributed by atoms with Gasteiger partial charge in [-0.25, -0.2) is 39.5 Å². The van der Waals surface area contributed by atoms with Crippen LogP contribution in [-0.4, -0.2) is 28.0 Å². The number of rotatable bonds is 6. The molecule has 3 aromatic rings. The Morgan fingerprint density at radius 2 is 0.853 bits per heavy atom. The van der Waals surface area contributed by atoms with Crippen LogP contribution in [0.4, 0.5) is 39.5 Å². The molecule has 0 N–H and O–H groups in total. The van der Waals surface area contributed by atoms with E-state index >= 15 is 13.2 Å². The van der Waals surface area contributed by atoms with E-state index in [0.29, 0.717) is 0 Å². The molecule has 3 nitrogen and oxygen atoms in total. The van der Waals surface area contributed by atoms with Crippen molar-refractivity contribution in [3.63, 3.8) is 0 Å². The van der Waals surface area contributed by atoms with Crippen molar-refractivity contribution >= 4 is 23.1 Å².